The highest BCUT2D eigenvalue weighted by atomic mass is 19.1. The molecule has 2 saturated heterocycles. The average molecular weight is 506 g/mol. The summed E-state index contributed by atoms with van der Waals surface area (Å²) in [5.74, 6) is 0.370. The molecule has 9 nitrogen and oxygen atoms in total. The van der Waals surface area contributed by atoms with Gasteiger partial charge in [0.25, 0.3) is 5.91 Å². The fourth-order valence-corrected chi connectivity index (χ4v) is 5.08. The predicted octanol–water partition coefficient (Wildman–Crippen LogP) is 3.57. The SMILES string of the molecule is O=C(Nc1cnc2ccc(N3CCC[C@@H]3c3cc(F)ccc3F)nn12)c1ccc(N2CC[C@H](O)C2)nc1. The van der Waals surface area contributed by atoms with Gasteiger partial charge >= 0.3 is 0 Å². The van der Waals surface area contributed by atoms with Gasteiger partial charge in [-0.1, -0.05) is 0 Å². The molecule has 2 atom stereocenters. The Kier molecular flexibility index (Phi) is 5.91. The van der Waals surface area contributed by atoms with Crippen LogP contribution in [0.4, 0.5) is 26.2 Å². The Hall–Kier alpha value is -4.12. The summed E-state index contributed by atoms with van der Waals surface area (Å²) >= 11 is 0. The lowest BCUT2D eigenvalue weighted by atomic mass is 10.0. The van der Waals surface area contributed by atoms with E-state index in [1.807, 2.05) is 9.80 Å². The van der Waals surface area contributed by atoms with Crippen molar-refractivity contribution in [3.8, 4) is 0 Å². The van der Waals surface area contributed by atoms with E-state index in [2.05, 4.69) is 20.4 Å². The number of fused-ring (bicyclic) bond motifs is 1. The second-order valence-corrected chi connectivity index (χ2v) is 9.37. The van der Waals surface area contributed by atoms with Crippen molar-refractivity contribution >= 4 is 29.0 Å². The Morgan fingerprint density at radius 1 is 1.00 bits per heavy atom. The molecular formula is C26H25F2N7O2. The standard InChI is InChI=1S/C26H25F2N7O2/c27-17-4-5-20(28)19(12-17)21-2-1-10-34(21)24-8-7-23-30-14-25(35(23)32-24)31-26(37)16-3-6-22(29-13-16)33-11-9-18(36)15-33/h3-8,12-14,18,21,36H,1-2,9-11,15H2,(H,31,37)/t18-,21+/m0/s1. The number of nitrogens with one attached hydrogen (secondary N) is 1. The van der Waals surface area contributed by atoms with Crippen molar-refractivity contribution in [2.24, 2.45) is 0 Å². The molecule has 0 spiro atoms. The summed E-state index contributed by atoms with van der Waals surface area (Å²) in [6, 6.07) is 10.2. The van der Waals surface area contributed by atoms with Crippen LogP contribution in [0.3, 0.4) is 0 Å². The number of halogens is 2. The molecule has 2 fully saturated rings. The lowest BCUT2D eigenvalue weighted by Crippen LogP contribution is -2.25. The Labute approximate surface area is 211 Å². The molecule has 6 rings (SSSR count). The fraction of sp³-hybridized carbons (Fsp3) is 0.308. The molecule has 2 aliphatic heterocycles. The second kappa shape index (κ2) is 9.40. The molecular weight excluding hydrogens is 480 g/mol. The molecule has 190 valence electrons. The molecule has 0 saturated carbocycles. The number of aliphatic hydroxyl groups excluding tert-OH is 1. The third-order valence-electron chi connectivity index (χ3n) is 6.95. The number of nitrogens with zero attached hydrogens (tertiary/aromatic N) is 6. The van der Waals surface area contributed by atoms with Crippen LogP contribution in [0.1, 0.15) is 41.2 Å². The van der Waals surface area contributed by atoms with Crippen LogP contribution in [-0.4, -0.2) is 56.3 Å². The highest BCUT2D eigenvalue weighted by Crippen LogP contribution is 2.36. The van der Waals surface area contributed by atoms with E-state index in [4.69, 9.17) is 0 Å². The minimum Gasteiger partial charge on any atom is -0.391 e. The maximum absolute atomic E-state index is 14.5. The van der Waals surface area contributed by atoms with Gasteiger partial charge in [-0.25, -0.2) is 18.7 Å². The molecule has 2 aliphatic rings. The van der Waals surface area contributed by atoms with Crippen molar-refractivity contribution in [2.45, 2.75) is 31.4 Å². The first kappa shape index (κ1) is 23.3. The van der Waals surface area contributed by atoms with Crippen LogP contribution in [0.5, 0.6) is 0 Å². The molecule has 0 bridgehead atoms. The van der Waals surface area contributed by atoms with Gasteiger partial charge in [0, 0.05) is 31.4 Å². The molecule has 0 unspecified atom stereocenters. The molecule has 4 aromatic rings. The Morgan fingerprint density at radius 3 is 2.65 bits per heavy atom. The summed E-state index contributed by atoms with van der Waals surface area (Å²) in [5, 5.41) is 17.2. The first-order valence-corrected chi connectivity index (χ1v) is 12.2. The number of benzene rings is 1. The van der Waals surface area contributed by atoms with Crippen molar-refractivity contribution in [2.75, 3.05) is 34.8 Å². The summed E-state index contributed by atoms with van der Waals surface area (Å²) in [7, 11) is 0. The zero-order valence-electron chi connectivity index (χ0n) is 19.9. The second-order valence-electron chi connectivity index (χ2n) is 9.37. The first-order chi connectivity index (χ1) is 18.0. The summed E-state index contributed by atoms with van der Waals surface area (Å²) in [5.41, 5.74) is 1.21. The van der Waals surface area contributed by atoms with Crippen LogP contribution in [0.25, 0.3) is 5.65 Å². The van der Waals surface area contributed by atoms with Gasteiger partial charge in [-0.3, -0.25) is 4.79 Å². The number of pyridine rings is 1. The molecule has 2 N–H and O–H groups in total. The molecule has 0 aliphatic carbocycles. The quantitative estimate of drug-likeness (QED) is 0.428. The number of aliphatic hydroxyl groups is 1. The maximum Gasteiger partial charge on any atom is 0.258 e. The van der Waals surface area contributed by atoms with Gasteiger partial charge in [-0.05, 0) is 61.7 Å². The minimum absolute atomic E-state index is 0.304. The van der Waals surface area contributed by atoms with Gasteiger partial charge < -0.3 is 20.2 Å². The van der Waals surface area contributed by atoms with Gasteiger partial charge in [0.05, 0.1) is 23.9 Å². The van der Waals surface area contributed by atoms with E-state index in [1.165, 1.54) is 23.0 Å². The monoisotopic (exact) mass is 505 g/mol. The van der Waals surface area contributed by atoms with Crippen LogP contribution in [0.15, 0.2) is 54.9 Å². The van der Waals surface area contributed by atoms with Gasteiger partial charge in [0.15, 0.2) is 11.5 Å². The van der Waals surface area contributed by atoms with Crippen LogP contribution in [0, 0.1) is 11.6 Å². The highest BCUT2D eigenvalue weighted by molar-refractivity contribution is 6.03. The van der Waals surface area contributed by atoms with Gasteiger partial charge in [-0.2, -0.15) is 4.52 Å². The number of hydrogen-bond acceptors (Lipinski definition) is 7. The Bertz CT molecular complexity index is 1460. The third kappa shape index (κ3) is 4.46. The minimum atomic E-state index is -0.480. The zero-order valence-corrected chi connectivity index (χ0v) is 19.9. The highest BCUT2D eigenvalue weighted by Gasteiger charge is 2.30. The van der Waals surface area contributed by atoms with Crippen molar-refractivity contribution in [1.82, 2.24) is 19.6 Å². The largest absolute Gasteiger partial charge is 0.391 e. The fourth-order valence-electron chi connectivity index (χ4n) is 5.08. The number of carbonyl (C=O) groups excluding carboxylic acids is 1. The third-order valence-corrected chi connectivity index (χ3v) is 6.95. The van der Waals surface area contributed by atoms with E-state index in [0.29, 0.717) is 60.2 Å². The molecule has 5 heterocycles. The number of aromatic nitrogens is 4. The number of anilines is 3. The van der Waals surface area contributed by atoms with Crippen LogP contribution in [-0.2, 0) is 0 Å². The molecule has 11 heteroatoms. The lowest BCUT2D eigenvalue weighted by Gasteiger charge is -2.26. The lowest BCUT2D eigenvalue weighted by molar-refractivity contribution is 0.102. The number of β-amino-alcohol motifs (C(OH)–C–C–N with tert-alkyl or cyclic N) is 1. The summed E-state index contributed by atoms with van der Waals surface area (Å²) < 4.78 is 29.9. The molecule has 1 amide bonds. The van der Waals surface area contributed by atoms with E-state index in [0.717, 1.165) is 25.1 Å². The molecule has 1 aromatic carbocycles. The van der Waals surface area contributed by atoms with Crippen molar-refractivity contribution in [3.05, 3.63) is 77.6 Å². The average Bonchev–Trinajstić information content (AvgIpc) is 3.65. The maximum atomic E-state index is 14.5. The predicted molar refractivity (Wildman–Crippen MR) is 134 cm³/mol. The van der Waals surface area contributed by atoms with E-state index in [1.54, 1.807) is 24.3 Å². The van der Waals surface area contributed by atoms with Crippen LogP contribution < -0.4 is 15.1 Å². The van der Waals surface area contributed by atoms with Gasteiger partial charge in [0.1, 0.15) is 23.3 Å². The van der Waals surface area contributed by atoms with E-state index < -0.39 is 11.6 Å². The van der Waals surface area contributed by atoms with Crippen molar-refractivity contribution in [1.29, 1.82) is 0 Å². The first-order valence-electron chi connectivity index (χ1n) is 12.2. The normalized spacial score (nSPS) is 19.6. The van der Waals surface area contributed by atoms with Gasteiger partial charge in [-0.15, -0.1) is 5.10 Å². The molecule has 37 heavy (non-hydrogen) atoms. The van der Waals surface area contributed by atoms with Crippen LogP contribution >= 0.6 is 0 Å². The Morgan fingerprint density at radius 2 is 1.86 bits per heavy atom. The summed E-state index contributed by atoms with van der Waals surface area (Å²) in [6.45, 7) is 1.89. The van der Waals surface area contributed by atoms with E-state index in [9.17, 15) is 18.7 Å². The van der Waals surface area contributed by atoms with Gasteiger partial charge in [0.2, 0.25) is 0 Å². The number of imidazole rings is 1. The smallest absolute Gasteiger partial charge is 0.258 e. The zero-order chi connectivity index (χ0) is 25.5. The summed E-state index contributed by atoms with van der Waals surface area (Å²) in [4.78, 5) is 25.5. The number of carbonyl (C=O) groups is 1. The topological polar surface area (TPSA) is 98.9 Å². The van der Waals surface area contributed by atoms with Crippen molar-refractivity contribution < 1.29 is 18.7 Å². The van der Waals surface area contributed by atoms with E-state index >= 15 is 0 Å². The van der Waals surface area contributed by atoms with Crippen LogP contribution in [0.2, 0.25) is 0 Å². The Balaban J connectivity index is 1.23. The number of hydrogen-bond donors (Lipinski definition) is 2. The van der Waals surface area contributed by atoms with Crippen molar-refractivity contribution in [3.63, 3.8) is 0 Å². The molecule has 3 aromatic heterocycles. The summed E-state index contributed by atoms with van der Waals surface area (Å²) in [6.07, 6.45) is 4.84. The molecule has 0 radical (unpaired) electrons. The van der Waals surface area contributed by atoms with E-state index in [-0.39, 0.29) is 18.1 Å². The number of rotatable bonds is 5. The number of amides is 1.